The largest absolute Gasteiger partial charge is 0.491 e. The molecular weight excluding hydrogens is 266 g/mol. The highest BCUT2D eigenvalue weighted by molar-refractivity contribution is 6.58. The molecule has 0 radical (unpaired) electrons. The lowest BCUT2D eigenvalue weighted by Gasteiger charge is -2.08. The predicted molar refractivity (Wildman–Crippen MR) is 70.4 cm³/mol. The SMILES string of the molecule is COc1ccc(=O)n(Cc2ccc(F)c(B(O)O)c2)n1. The van der Waals surface area contributed by atoms with Crippen molar-refractivity contribution in [3.8, 4) is 5.88 Å². The first-order valence-corrected chi connectivity index (χ1v) is 5.78. The third kappa shape index (κ3) is 3.04. The highest BCUT2D eigenvalue weighted by Crippen LogP contribution is 2.05. The summed E-state index contributed by atoms with van der Waals surface area (Å²) in [5.41, 5.74) is -0.0861. The third-order valence-electron chi connectivity index (χ3n) is 2.72. The van der Waals surface area contributed by atoms with E-state index in [1.165, 1.54) is 31.4 Å². The van der Waals surface area contributed by atoms with Crippen LogP contribution in [0.15, 0.2) is 35.1 Å². The zero-order chi connectivity index (χ0) is 14.7. The molecule has 0 unspecified atom stereocenters. The third-order valence-corrected chi connectivity index (χ3v) is 2.72. The quantitative estimate of drug-likeness (QED) is 0.709. The van der Waals surface area contributed by atoms with Crippen molar-refractivity contribution in [1.29, 1.82) is 0 Å². The number of halogens is 1. The summed E-state index contributed by atoms with van der Waals surface area (Å²) < 4.78 is 19.4. The molecule has 2 aromatic rings. The number of methoxy groups -OCH3 is 1. The van der Waals surface area contributed by atoms with Crippen molar-refractivity contribution in [2.24, 2.45) is 0 Å². The maximum absolute atomic E-state index is 13.3. The van der Waals surface area contributed by atoms with Gasteiger partial charge in [0.05, 0.1) is 13.7 Å². The number of benzene rings is 1. The minimum Gasteiger partial charge on any atom is -0.480 e. The Kier molecular flexibility index (Phi) is 4.16. The van der Waals surface area contributed by atoms with Crippen molar-refractivity contribution in [2.45, 2.75) is 6.54 Å². The zero-order valence-corrected chi connectivity index (χ0v) is 10.7. The van der Waals surface area contributed by atoms with Gasteiger partial charge >= 0.3 is 7.12 Å². The standard InChI is InChI=1S/C12H12BFN2O4/c1-20-11-4-5-12(17)16(15-11)7-8-2-3-10(14)9(6-8)13(18)19/h2-6,18-19H,7H2,1H3. The average molecular weight is 278 g/mol. The van der Waals surface area contributed by atoms with Gasteiger partial charge in [-0.15, -0.1) is 5.10 Å². The molecule has 8 heteroatoms. The van der Waals surface area contributed by atoms with Crippen LogP contribution < -0.4 is 15.8 Å². The first-order valence-electron chi connectivity index (χ1n) is 5.78. The van der Waals surface area contributed by atoms with Crippen LogP contribution in [0.5, 0.6) is 5.88 Å². The maximum Gasteiger partial charge on any atom is 0.491 e. The fourth-order valence-electron chi connectivity index (χ4n) is 1.71. The van der Waals surface area contributed by atoms with E-state index in [-0.39, 0.29) is 23.4 Å². The zero-order valence-electron chi connectivity index (χ0n) is 10.7. The molecule has 1 aromatic heterocycles. The van der Waals surface area contributed by atoms with Crippen LogP contribution >= 0.6 is 0 Å². The van der Waals surface area contributed by atoms with E-state index in [0.717, 1.165) is 10.7 Å². The molecule has 0 saturated carbocycles. The lowest BCUT2D eigenvalue weighted by Crippen LogP contribution is -2.33. The van der Waals surface area contributed by atoms with Crippen molar-refractivity contribution in [3.05, 3.63) is 52.1 Å². The van der Waals surface area contributed by atoms with E-state index in [4.69, 9.17) is 14.8 Å². The van der Waals surface area contributed by atoms with Crippen LogP contribution in [-0.4, -0.2) is 34.1 Å². The molecule has 104 valence electrons. The molecule has 0 aliphatic rings. The normalized spacial score (nSPS) is 10.4. The maximum atomic E-state index is 13.3. The van der Waals surface area contributed by atoms with E-state index in [0.29, 0.717) is 5.56 Å². The first-order chi connectivity index (χ1) is 9.51. The van der Waals surface area contributed by atoms with Gasteiger partial charge in [-0.2, -0.15) is 0 Å². The van der Waals surface area contributed by atoms with E-state index in [2.05, 4.69) is 5.10 Å². The molecule has 0 aliphatic heterocycles. The molecule has 0 aliphatic carbocycles. The van der Waals surface area contributed by atoms with Gasteiger partial charge in [0.1, 0.15) is 5.82 Å². The Balaban J connectivity index is 2.35. The van der Waals surface area contributed by atoms with Crippen LogP contribution in [-0.2, 0) is 6.54 Å². The van der Waals surface area contributed by atoms with Gasteiger partial charge < -0.3 is 14.8 Å². The molecule has 0 atom stereocenters. The van der Waals surface area contributed by atoms with Crippen LogP contribution in [0, 0.1) is 5.82 Å². The minimum absolute atomic E-state index is 0.0655. The number of aromatic nitrogens is 2. The van der Waals surface area contributed by atoms with Crippen LogP contribution in [0.25, 0.3) is 0 Å². The lowest BCUT2D eigenvalue weighted by atomic mass is 9.79. The van der Waals surface area contributed by atoms with Crippen LogP contribution in [0.4, 0.5) is 4.39 Å². The molecule has 0 saturated heterocycles. The van der Waals surface area contributed by atoms with Gasteiger partial charge in [0.2, 0.25) is 5.88 Å². The van der Waals surface area contributed by atoms with Gasteiger partial charge in [0.15, 0.2) is 0 Å². The van der Waals surface area contributed by atoms with Crippen LogP contribution in [0.2, 0.25) is 0 Å². The molecule has 20 heavy (non-hydrogen) atoms. The van der Waals surface area contributed by atoms with Crippen molar-refractivity contribution < 1.29 is 19.2 Å². The van der Waals surface area contributed by atoms with Gasteiger partial charge in [-0.3, -0.25) is 4.79 Å². The molecule has 1 heterocycles. The second kappa shape index (κ2) is 5.85. The summed E-state index contributed by atoms with van der Waals surface area (Å²) in [7, 11) is -0.486. The van der Waals surface area contributed by atoms with Gasteiger partial charge in [-0.1, -0.05) is 12.1 Å². The van der Waals surface area contributed by atoms with E-state index in [1.807, 2.05) is 0 Å². The number of hydrogen-bond donors (Lipinski definition) is 2. The summed E-state index contributed by atoms with van der Waals surface area (Å²) in [5.74, 6) is -0.455. The molecular formula is C12H12BFN2O4. The highest BCUT2D eigenvalue weighted by Gasteiger charge is 2.17. The molecule has 6 nitrogen and oxygen atoms in total. The van der Waals surface area contributed by atoms with Gasteiger partial charge in [0.25, 0.3) is 5.56 Å². The number of hydrogen-bond acceptors (Lipinski definition) is 5. The fourth-order valence-corrected chi connectivity index (χ4v) is 1.71. The Morgan fingerprint density at radius 2 is 2.10 bits per heavy atom. The Hall–Kier alpha value is -2.19. The van der Waals surface area contributed by atoms with E-state index in [1.54, 1.807) is 0 Å². The van der Waals surface area contributed by atoms with E-state index in [9.17, 15) is 9.18 Å². The summed E-state index contributed by atoms with van der Waals surface area (Å²) in [6.07, 6.45) is 0. The molecule has 2 rings (SSSR count). The number of ether oxygens (including phenoxy) is 1. The Bertz CT molecular complexity index is 675. The Morgan fingerprint density at radius 1 is 1.35 bits per heavy atom. The second-order valence-corrected chi connectivity index (χ2v) is 4.10. The number of nitrogens with zero attached hydrogens (tertiary/aromatic N) is 2. The van der Waals surface area contributed by atoms with Crippen LogP contribution in [0.3, 0.4) is 0 Å². The van der Waals surface area contributed by atoms with Gasteiger partial charge in [-0.05, 0) is 11.6 Å². The smallest absolute Gasteiger partial charge is 0.480 e. The molecule has 2 N–H and O–H groups in total. The summed E-state index contributed by atoms with van der Waals surface area (Å²) >= 11 is 0. The predicted octanol–water partition coefficient (Wildman–Crippen LogP) is -0.881. The van der Waals surface area contributed by atoms with Crippen molar-refractivity contribution >= 4 is 12.6 Å². The molecule has 0 amide bonds. The first kappa shape index (κ1) is 14.2. The Labute approximate surface area is 114 Å². The fraction of sp³-hybridized carbons (Fsp3) is 0.167. The summed E-state index contributed by atoms with van der Waals surface area (Å²) in [5, 5.41) is 22.0. The Morgan fingerprint density at radius 3 is 2.75 bits per heavy atom. The lowest BCUT2D eigenvalue weighted by molar-refractivity contribution is 0.379. The molecule has 1 aromatic carbocycles. The molecule has 0 bridgehead atoms. The van der Waals surface area contributed by atoms with E-state index < -0.39 is 12.9 Å². The minimum atomic E-state index is -1.91. The van der Waals surface area contributed by atoms with Crippen LogP contribution in [0.1, 0.15) is 5.56 Å². The molecule has 0 spiro atoms. The summed E-state index contributed by atoms with van der Waals surface area (Å²) in [4.78, 5) is 11.6. The summed E-state index contributed by atoms with van der Waals surface area (Å²) in [6, 6.07) is 6.56. The van der Waals surface area contributed by atoms with Crippen molar-refractivity contribution in [1.82, 2.24) is 9.78 Å². The second-order valence-electron chi connectivity index (χ2n) is 4.10. The number of rotatable bonds is 4. The van der Waals surface area contributed by atoms with Gasteiger partial charge in [-0.25, -0.2) is 9.07 Å². The van der Waals surface area contributed by atoms with E-state index >= 15 is 0 Å². The average Bonchev–Trinajstić information content (AvgIpc) is 2.43. The van der Waals surface area contributed by atoms with Gasteiger partial charge in [0, 0.05) is 17.6 Å². The van der Waals surface area contributed by atoms with Crippen molar-refractivity contribution in [2.75, 3.05) is 7.11 Å². The monoisotopic (exact) mass is 278 g/mol. The van der Waals surface area contributed by atoms with Crippen molar-refractivity contribution in [3.63, 3.8) is 0 Å². The summed E-state index contributed by atoms with van der Waals surface area (Å²) in [6.45, 7) is 0.0655. The topological polar surface area (TPSA) is 84.6 Å². The highest BCUT2D eigenvalue weighted by atomic mass is 19.1. The molecule has 0 fully saturated rings.